The normalized spacial score (nSPS) is 14.4. The Morgan fingerprint density at radius 1 is 1.16 bits per heavy atom. The summed E-state index contributed by atoms with van der Waals surface area (Å²) in [7, 11) is 1.45. The van der Waals surface area contributed by atoms with Crippen LogP contribution in [0.15, 0.2) is 76.4 Å². The summed E-state index contributed by atoms with van der Waals surface area (Å²) in [5, 5.41) is 2.92. The first kappa shape index (κ1) is 30.3. The van der Waals surface area contributed by atoms with Crippen LogP contribution >= 0.6 is 35.3 Å². The van der Waals surface area contributed by atoms with Gasteiger partial charge >= 0.3 is 6.18 Å². The number of thioether (sulfide) groups is 1. The van der Waals surface area contributed by atoms with Crippen LogP contribution in [0.5, 0.6) is 11.5 Å². The quantitative estimate of drug-likeness (QED) is 0.149. The van der Waals surface area contributed by atoms with Crippen LogP contribution in [0.4, 0.5) is 18.3 Å². The number of thiocarbonyl (C=S) groups is 1. The number of methoxy groups -OCH3 is 1. The van der Waals surface area contributed by atoms with E-state index in [1.54, 1.807) is 42.5 Å². The van der Waals surface area contributed by atoms with Gasteiger partial charge in [0.25, 0.3) is 11.8 Å². The highest BCUT2D eigenvalue weighted by Crippen LogP contribution is 2.36. The topological polar surface area (TPSA) is 93.9 Å². The summed E-state index contributed by atoms with van der Waals surface area (Å²) in [4.78, 5) is 32.1. The molecule has 4 aromatic rings. The summed E-state index contributed by atoms with van der Waals surface area (Å²) in [5.41, 5.74) is 0.432. The zero-order valence-electron chi connectivity index (χ0n) is 22.3. The maximum Gasteiger partial charge on any atom is 0.416 e. The van der Waals surface area contributed by atoms with Crippen LogP contribution < -0.4 is 14.8 Å². The lowest BCUT2D eigenvalue weighted by Gasteiger charge is -2.12. The lowest BCUT2D eigenvalue weighted by molar-refractivity contribution is -0.137. The molecule has 3 heterocycles. The van der Waals surface area contributed by atoms with E-state index in [2.05, 4.69) is 10.3 Å². The second-order valence-electron chi connectivity index (χ2n) is 9.10. The molecule has 2 aromatic carbocycles. The number of carbonyl (C=O) groups is 2. The molecule has 0 bridgehead atoms. The summed E-state index contributed by atoms with van der Waals surface area (Å²) >= 11 is 7.71. The Morgan fingerprint density at radius 2 is 2.00 bits per heavy atom. The number of thiazole rings is 1. The Hall–Kier alpha value is -4.14. The third-order valence-corrected chi connectivity index (χ3v) is 8.33. The Balaban J connectivity index is 1.17. The molecular weight excluding hydrogens is 624 g/mol. The van der Waals surface area contributed by atoms with Crippen molar-refractivity contribution in [3.63, 3.8) is 0 Å². The smallest absolute Gasteiger partial charge is 0.416 e. The molecule has 1 fully saturated rings. The molecule has 0 unspecified atom stereocenters. The molecular formula is C29H22F3N3O5S3. The Labute approximate surface area is 257 Å². The molecule has 14 heteroatoms. The highest BCUT2D eigenvalue weighted by molar-refractivity contribution is 8.26. The number of rotatable bonds is 10. The van der Waals surface area contributed by atoms with E-state index < -0.39 is 17.6 Å². The molecule has 1 saturated heterocycles. The molecule has 1 aliphatic heterocycles. The minimum Gasteiger partial charge on any atom is -0.493 e. The van der Waals surface area contributed by atoms with Gasteiger partial charge in [-0.3, -0.25) is 19.8 Å². The van der Waals surface area contributed by atoms with Crippen molar-refractivity contribution < 1.29 is 36.7 Å². The van der Waals surface area contributed by atoms with Gasteiger partial charge in [0.15, 0.2) is 23.2 Å². The molecule has 2 aromatic heterocycles. The van der Waals surface area contributed by atoms with Crippen LogP contribution in [-0.2, 0) is 28.7 Å². The van der Waals surface area contributed by atoms with Gasteiger partial charge in [-0.15, -0.1) is 11.3 Å². The van der Waals surface area contributed by atoms with Crippen LogP contribution in [0.3, 0.4) is 0 Å². The average molecular weight is 646 g/mol. The second kappa shape index (κ2) is 13.0. The fraction of sp³-hybridized carbons (Fsp3) is 0.172. The minimum atomic E-state index is -4.42. The molecule has 0 radical (unpaired) electrons. The number of benzene rings is 2. The summed E-state index contributed by atoms with van der Waals surface area (Å²) in [6.45, 7) is -0.102. The summed E-state index contributed by atoms with van der Waals surface area (Å²) in [6.07, 6.45) is 0.554. The maximum absolute atomic E-state index is 13.0. The molecule has 43 heavy (non-hydrogen) atoms. The number of carbonyl (C=O) groups excluding carboxylic acids is 2. The third-order valence-electron chi connectivity index (χ3n) is 6.04. The van der Waals surface area contributed by atoms with Crippen molar-refractivity contribution in [1.82, 2.24) is 9.88 Å². The Morgan fingerprint density at radius 3 is 2.74 bits per heavy atom. The van der Waals surface area contributed by atoms with Gasteiger partial charge in [-0.1, -0.05) is 48.2 Å². The highest BCUT2D eigenvalue weighted by Gasteiger charge is 2.33. The number of anilines is 1. The van der Waals surface area contributed by atoms with E-state index in [9.17, 15) is 22.8 Å². The van der Waals surface area contributed by atoms with E-state index in [1.165, 1.54) is 42.3 Å². The van der Waals surface area contributed by atoms with Gasteiger partial charge < -0.3 is 13.9 Å². The minimum absolute atomic E-state index is 0.234. The number of nitrogens with zero attached hydrogens (tertiary/aromatic N) is 2. The molecule has 1 aliphatic rings. The molecule has 0 saturated carbocycles. The number of halogens is 3. The zero-order valence-corrected chi connectivity index (χ0v) is 24.8. The molecule has 5 rings (SSSR count). The van der Waals surface area contributed by atoms with Crippen molar-refractivity contribution in [2.24, 2.45) is 0 Å². The molecule has 1 N–H and O–H groups in total. The number of furan rings is 1. The fourth-order valence-electron chi connectivity index (χ4n) is 4.04. The fourth-order valence-corrected chi connectivity index (χ4v) is 6.16. The number of amides is 2. The number of aromatic nitrogens is 1. The van der Waals surface area contributed by atoms with Crippen molar-refractivity contribution in [2.75, 3.05) is 19.0 Å². The Bertz CT molecular complexity index is 1690. The lowest BCUT2D eigenvalue weighted by atomic mass is 10.1. The molecule has 222 valence electrons. The zero-order chi connectivity index (χ0) is 30.6. The first-order valence-electron chi connectivity index (χ1n) is 12.6. The van der Waals surface area contributed by atoms with Crippen LogP contribution in [0.25, 0.3) is 6.08 Å². The van der Waals surface area contributed by atoms with E-state index in [1.807, 2.05) is 0 Å². The number of hydrogen-bond donors (Lipinski definition) is 1. The number of nitrogens with one attached hydrogen (secondary N) is 1. The first-order chi connectivity index (χ1) is 20.6. The number of ether oxygens (including phenoxy) is 2. The van der Waals surface area contributed by atoms with Crippen LogP contribution in [0, 0.1) is 0 Å². The first-order valence-corrected chi connectivity index (χ1v) is 14.6. The molecule has 8 nitrogen and oxygen atoms in total. The standard InChI is InChI=1S/C29H22F3N3O5S3/c1-38-23-12-18(13-24-26(37)35(28(41)43-24)15-20-6-3-9-39-20)7-8-22(23)40-16-25(36)34-27-33-14-21(42-27)11-17-4-2-5-19(10-17)29(30,31)32/h2-10,12-14H,11,15-16H2,1H3,(H,33,34,36)/b24-13-. The van der Waals surface area contributed by atoms with Crippen molar-refractivity contribution in [3.8, 4) is 11.5 Å². The van der Waals surface area contributed by atoms with Crippen molar-refractivity contribution >= 4 is 62.7 Å². The van der Waals surface area contributed by atoms with Crippen molar-refractivity contribution in [2.45, 2.75) is 19.1 Å². The average Bonchev–Trinajstić information content (AvgIpc) is 3.71. The molecule has 0 atom stereocenters. The van der Waals surface area contributed by atoms with Gasteiger partial charge in [-0.05, 0) is 47.5 Å². The predicted molar refractivity (Wildman–Crippen MR) is 161 cm³/mol. The monoisotopic (exact) mass is 645 g/mol. The second-order valence-corrected chi connectivity index (χ2v) is 11.9. The van der Waals surface area contributed by atoms with E-state index in [4.69, 9.17) is 26.1 Å². The predicted octanol–water partition coefficient (Wildman–Crippen LogP) is 6.77. The SMILES string of the molecule is COc1cc(/C=C2\SC(=S)N(Cc3ccco3)C2=O)ccc1OCC(=O)Nc1ncc(Cc2cccc(C(F)(F)F)c2)s1. The number of hydrogen-bond acceptors (Lipinski definition) is 9. The summed E-state index contributed by atoms with van der Waals surface area (Å²) < 4.78 is 55.8. The van der Waals surface area contributed by atoms with Crippen LogP contribution in [-0.4, -0.2) is 39.7 Å². The van der Waals surface area contributed by atoms with E-state index in [0.29, 0.717) is 47.6 Å². The largest absolute Gasteiger partial charge is 0.493 e. The van der Waals surface area contributed by atoms with E-state index in [0.717, 1.165) is 23.5 Å². The molecule has 0 spiro atoms. The van der Waals surface area contributed by atoms with Crippen molar-refractivity contribution in [1.29, 1.82) is 0 Å². The van der Waals surface area contributed by atoms with Crippen molar-refractivity contribution in [3.05, 3.63) is 99.3 Å². The maximum atomic E-state index is 13.0. The summed E-state index contributed by atoms with van der Waals surface area (Å²) in [5.74, 6) is 0.568. The van der Waals surface area contributed by atoms with Gasteiger partial charge in [0.1, 0.15) is 10.1 Å². The lowest BCUT2D eigenvalue weighted by Crippen LogP contribution is -2.27. The number of alkyl halides is 3. The van der Waals surface area contributed by atoms with Gasteiger partial charge in [-0.2, -0.15) is 13.2 Å². The van der Waals surface area contributed by atoms with Crippen LogP contribution in [0.2, 0.25) is 0 Å². The van der Waals surface area contributed by atoms with Gasteiger partial charge in [0, 0.05) is 17.5 Å². The van der Waals surface area contributed by atoms with Crippen LogP contribution in [0.1, 0.15) is 27.3 Å². The van der Waals surface area contributed by atoms with E-state index in [-0.39, 0.29) is 25.5 Å². The van der Waals surface area contributed by atoms with Gasteiger partial charge in [0.2, 0.25) is 0 Å². The summed E-state index contributed by atoms with van der Waals surface area (Å²) in [6, 6.07) is 13.6. The third kappa shape index (κ3) is 7.63. The van der Waals surface area contributed by atoms with E-state index >= 15 is 0 Å². The highest BCUT2D eigenvalue weighted by atomic mass is 32.2. The molecule has 0 aliphatic carbocycles. The molecule has 2 amide bonds. The Kier molecular flexibility index (Phi) is 9.18. The van der Waals surface area contributed by atoms with Gasteiger partial charge in [0.05, 0.1) is 30.4 Å². The van der Waals surface area contributed by atoms with Gasteiger partial charge in [-0.25, -0.2) is 4.98 Å².